The molecular formula is C5H12N. The minimum Gasteiger partial charge on any atom is -0.344 e. The highest BCUT2D eigenvalue weighted by Gasteiger charge is 1.61. The molecule has 0 aromatic heterocycles. The molecule has 0 unspecified atom stereocenters. The average molecular weight is 86.2 g/mol. The van der Waals surface area contributed by atoms with Gasteiger partial charge >= 0.3 is 0 Å². The van der Waals surface area contributed by atoms with E-state index in [0.29, 0.717) is 0 Å². The fraction of sp³-hybridized carbons (Fsp3) is 0.400. The second kappa shape index (κ2) is 8.83. The van der Waals surface area contributed by atoms with Crippen molar-refractivity contribution in [3.63, 3.8) is 0 Å². The van der Waals surface area contributed by atoms with E-state index < -0.39 is 0 Å². The van der Waals surface area contributed by atoms with Crippen LogP contribution in [0.2, 0.25) is 0 Å². The fourth-order valence-corrected chi connectivity index (χ4v) is 0.144. The predicted molar refractivity (Wildman–Crippen MR) is 29.8 cm³/mol. The van der Waals surface area contributed by atoms with Crippen LogP contribution in [-0.4, -0.2) is 0 Å². The van der Waals surface area contributed by atoms with Gasteiger partial charge in [0.05, 0.1) is 0 Å². The van der Waals surface area contributed by atoms with E-state index in [1.54, 1.807) is 0 Å². The van der Waals surface area contributed by atoms with Gasteiger partial charge in [0.15, 0.2) is 0 Å². The molecule has 0 amide bonds. The zero-order valence-corrected chi connectivity index (χ0v) is 4.11. The summed E-state index contributed by atoms with van der Waals surface area (Å²) < 4.78 is 0. The van der Waals surface area contributed by atoms with Crippen LogP contribution in [0.1, 0.15) is 12.8 Å². The fourth-order valence-electron chi connectivity index (χ4n) is 0.144. The first-order chi connectivity index (χ1) is 2.41. The summed E-state index contributed by atoms with van der Waals surface area (Å²) in [6.07, 6.45) is 3.89. The summed E-state index contributed by atoms with van der Waals surface area (Å²) in [6, 6.07) is 0. The van der Waals surface area contributed by atoms with Gasteiger partial charge in [-0.2, -0.15) is 0 Å². The summed E-state index contributed by atoms with van der Waals surface area (Å²) >= 11 is 0. The van der Waals surface area contributed by atoms with Crippen LogP contribution in [0.4, 0.5) is 0 Å². The van der Waals surface area contributed by atoms with Crippen molar-refractivity contribution in [1.29, 1.82) is 0 Å². The zero-order chi connectivity index (χ0) is 4.12. The van der Waals surface area contributed by atoms with E-state index in [1.165, 1.54) is 0 Å². The summed E-state index contributed by atoms with van der Waals surface area (Å²) in [5, 5.41) is 0. The lowest BCUT2D eigenvalue weighted by Crippen LogP contribution is -1.53. The molecule has 0 fully saturated rings. The van der Waals surface area contributed by atoms with E-state index in [2.05, 4.69) is 13.5 Å². The maximum absolute atomic E-state index is 3.60. The molecule has 0 aromatic rings. The lowest BCUT2D eigenvalue weighted by Gasteiger charge is -1.72. The standard InChI is InChI=1S/C5H9.H3N/c1-3-5-4-2;/h3H,1-2,4-5H2;1H3. The molecule has 0 saturated heterocycles. The minimum absolute atomic E-state index is 0. The van der Waals surface area contributed by atoms with Crippen LogP contribution in [-0.2, 0) is 0 Å². The van der Waals surface area contributed by atoms with Crippen LogP contribution >= 0.6 is 0 Å². The first-order valence-corrected chi connectivity index (χ1v) is 1.82. The Balaban J connectivity index is 0. The van der Waals surface area contributed by atoms with Crippen LogP contribution < -0.4 is 6.15 Å². The van der Waals surface area contributed by atoms with E-state index in [1.807, 2.05) is 6.08 Å². The van der Waals surface area contributed by atoms with Crippen molar-refractivity contribution in [1.82, 2.24) is 6.15 Å². The van der Waals surface area contributed by atoms with E-state index >= 15 is 0 Å². The Bertz CT molecular complexity index is 25.1. The van der Waals surface area contributed by atoms with Gasteiger partial charge in [-0.05, 0) is 12.8 Å². The van der Waals surface area contributed by atoms with E-state index in [9.17, 15) is 0 Å². The Kier molecular flexibility index (Phi) is 13.5. The van der Waals surface area contributed by atoms with E-state index in [4.69, 9.17) is 0 Å². The molecule has 0 bridgehead atoms. The lowest BCUT2D eigenvalue weighted by molar-refractivity contribution is 1.05. The van der Waals surface area contributed by atoms with Crippen molar-refractivity contribution < 1.29 is 0 Å². The second-order valence-electron chi connectivity index (χ2n) is 0.931. The van der Waals surface area contributed by atoms with Crippen molar-refractivity contribution in [2.45, 2.75) is 12.8 Å². The topological polar surface area (TPSA) is 35.0 Å². The van der Waals surface area contributed by atoms with Crippen molar-refractivity contribution in [2.24, 2.45) is 0 Å². The van der Waals surface area contributed by atoms with E-state index in [-0.39, 0.29) is 6.15 Å². The lowest BCUT2D eigenvalue weighted by atomic mass is 10.3. The van der Waals surface area contributed by atoms with Crippen LogP contribution in [0.3, 0.4) is 0 Å². The van der Waals surface area contributed by atoms with Gasteiger partial charge in [0.1, 0.15) is 0 Å². The highest BCUT2D eigenvalue weighted by Crippen LogP contribution is 1.81. The Hall–Kier alpha value is -0.300. The predicted octanol–water partition coefficient (Wildman–Crippen LogP) is 1.95. The smallest absolute Gasteiger partial charge is 0.0353 e. The number of hydrogen-bond donors (Lipinski definition) is 1. The molecule has 0 aliphatic carbocycles. The first-order valence-electron chi connectivity index (χ1n) is 1.82. The summed E-state index contributed by atoms with van der Waals surface area (Å²) in [7, 11) is 0. The van der Waals surface area contributed by atoms with Crippen LogP contribution in [0.25, 0.3) is 0 Å². The quantitative estimate of drug-likeness (QED) is 0.512. The van der Waals surface area contributed by atoms with Gasteiger partial charge in [-0.15, -0.1) is 6.58 Å². The highest BCUT2D eigenvalue weighted by molar-refractivity contribution is 4.65. The largest absolute Gasteiger partial charge is 0.344 e. The SMILES string of the molecule is N.[CH2]CCC=C. The summed E-state index contributed by atoms with van der Waals surface area (Å²) in [4.78, 5) is 0. The summed E-state index contributed by atoms with van der Waals surface area (Å²) in [6.45, 7) is 7.11. The van der Waals surface area contributed by atoms with Crippen molar-refractivity contribution in [3.8, 4) is 0 Å². The zero-order valence-electron chi connectivity index (χ0n) is 4.11. The average Bonchev–Trinajstić information content (AvgIpc) is 1.41. The summed E-state index contributed by atoms with van der Waals surface area (Å²) in [5.74, 6) is 0. The molecule has 1 heteroatoms. The third kappa shape index (κ3) is 9.33. The molecule has 0 aliphatic heterocycles. The number of rotatable bonds is 2. The van der Waals surface area contributed by atoms with E-state index in [0.717, 1.165) is 12.8 Å². The molecule has 0 rings (SSSR count). The molecular weight excluding hydrogens is 74.1 g/mol. The highest BCUT2D eigenvalue weighted by atomic mass is 14.0. The van der Waals surface area contributed by atoms with Crippen LogP contribution in [0, 0.1) is 6.92 Å². The molecule has 37 valence electrons. The van der Waals surface area contributed by atoms with Gasteiger partial charge < -0.3 is 6.15 Å². The minimum atomic E-state index is 0. The molecule has 1 radical (unpaired) electrons. The Morgan fingerprint density at radius 1 is 1.50 bits per heavy atom. The molecule has 0 aromatic carbocycles. The second-order valence-corrected chi connectivity index (χ2v) is 0.931. The summed E-state index contributed by atoms with van der Waals surface area (Å²) in [5.41, 5.74) is 0. The van der Waals surface area contributed by atoms with Crippen molar-refractivity contribution in [3.05, 3.63) is 19.6 Å². The normalized spacial score (nSPS) is 6.17. The van der Waals surface area contributed by atoms with Gasteiger partial charge in [0, 0.05) is 0 Å². The van der Waals surface area contributed by atoms with Crippen molar-refractivity contribution >= 4 is 0 Å². The third-order valence-electron chi connectivity index (χ3n) is 0.408. The molecule has 1 nitrogen and oxygen atoms in total. The van der Waals surface area contributed by atoms with Gasteiger partial charge in [-0.3, -0.25) is 0 Å². The Morgan fingerprint density at radius 2 is 2.00 bits per heavy atom. The number of unbranched alkanes of at least 4 members (excludes halogenated alkanes) is 1. The maximum Gasteiger partial charge on any atom is -0.0353 e. The molecule has 0 atom stereocenters. The first kappa shape index (κ1) is 9.20. The molecule has 0 saturated carbocycles. The van der Waals surface area contributed by atoms with Crippen molar-refractivity contribution in [2.75, 3.05) is 0 Å². The molecule has 6 heavy (non-hydrogen) atoms. The van der Waals surface area contributed by atoms with Gasteiger partial charge in [0.25, 0.3) is 0 Å². The number of hydrogen-bond acceptors (Lipinski definition) is 1. The molecule has 3 N–H and O–H groups in total. The Labute approximate surface area is 39.6 Å². The molecule has 0 aliphatic rings. The molecule has 0 heterocycles. The van der Waals surface area contributed by atoms with Crippen LogP contribution in [0.5, 0.6) is 0 Å². The van der Waals surface area contributed by atoms with Gasteiger partial charge in [-0.1, -0.05) is 13.0 Å². The third-order valence-corrected chi connectivity index (χ3v) is 0.408. The van der Waals surface area contributed by atoms with Gasteiger partial charge in [0.2, 0.25) is 0 Å². The molecule has 0 spiro atoms. The monoisotopic (exact) mass is 86.1 g/mol. The maximum atomic E-state index is 3.60. The Morgan fingerprint density at radius 3 is 2.00 bits per heavy atom. The number of allylic oxidation sites excluding steroid dienone is 1. The van der Waals surface area contributed by atoms with Crippen LogP contribution in [0.15, 0.2) is 12.7 Å². The van der Waals surface area contributed by atoms with Gasteiger partial charge in [-0.25, -0.2) is 0 Å².